The number of hydrogen-bond donors (Lipinski definition) is 1. The third-order valence-corrected chi connectivity index (χ3v) is 3.35. The van der Waals surface area contributed by atoms with E-state index in [0.29, 0.717) is 5.82 Å². The Morgan fingerprint density at radius 1 is 1.68 bits per heavy atom. The molecule has 2 rings (SSSR count). The summed E-state index contributed by atoms with van der Waals surface area (Å²) in [5, 5.41) is 22.9. The van der Waals surface area contributed by atoms with Gasteiger partial charge in [0.25, 0.3) is 5.69 Å². The van der Waals surface area contributed by atoms with Crippen LogP contribution in [0.15, 0.2) is 12.3 Å². The number of nitriles is 1. The molecule has 0 spiro atoms. The fourth-order valence-electron chi connectivity index (χ4n) is 2.03. The first-order valence-electron chi connectivity index (χ1n) is 6.45. The predicted molar refractivity (Wildman–Crippen MR) is 70.6 cm³/mol. The molecule has 0 aliphatic heterocycles. The average Bonchev–Trinajstić information content (AvgIpc) is 3.22. The van der Waals surface area contributed by atoms with E-state index in [1.54, 1.807) is 0 Å². The van der Waals surface area contributed by atoms with Crippen molar-refractivity contribution in [2.75, 3.05) is 5.32 Å². The van der Waals surface area contributed by atoms with Crippen LogP contribution in [0.25, 0.3) is 0 Å². The molecule has 0 saturated heterocycles. The van der Waals surface area contributed by atoms with Gasteiger partial charge in [0.15, 0.2) is 0 Å². The lowest BCUT2D eigenvalue weighted by atomic mass is 10.1. The van der Waals surface area contributed by atoms with Crippen molar-refractivity contribution in [1.82, 2.24) is 4.98 Å². The summed E-state index contributed by atoms with van der Waals surface area (Å²) < 4.78 is 0. The molecule has 0 bridgehead atoms. The van der Waals surface area contributed by atoms with Crippen molar-refractivity contribution >= 4 is 11.5 Å². The molecule has 0 radical (unpaired) electrons. The van der Waals surface area contributed by atoms with Gasteiger partial charge in [-0.15, -0.1) is 0 Å². The quantitative estimate of drug-likeness (QED) is 0.627. The molecule has 0 amide bonds. The minimum Gasteiger partial charge on any atom is -0.366 e. The van der Waals surface area contributed by atoms with Gasteiger partial charge in [-0.2, -0.15) is 5.26 Å². The second-order valence-corrected chi connectivity index (χ2v) is 4.89. The van der Waals surface area contributed by atoms with Crippen LogP contribution in [0.1, 0.15) is 38.2 Å². The molecule has 6 heteroatoms. The SMILES string of the molecule is CCC(CC1CC1)Nc1ncc([N+](=O)[O-])cc1C#N. The number of rotatable bonds is 6. The van der Waals surface area contributed by atoms with Crippen molar-refractivity contribution < 1.29 is 4.92 Å². The molecule has 1 unspecified atom stereocenters. The van der Waals surface area contributed by atoms with Crippen LogP contribution in [0.4, 0.5) is 11.5 Å². The van der Waals surface area contributed by atoms with Gasteiger partial charge in [0, 0.05) is 12.1 Å². The summed E-state index contributed by atoms with van der Waals surface area (Å²) in [5.41, 5.74) is 0.0702. The lowest BCUT2D eigenvalue weighted by Gasteiger charge is -2.17. The molecule has 1 N–H and O–H groups in total. The maximum atomic E-state index is 10.6. The van der Waals surface area contributed by atoms with E-state index >= 15 is 0 Å². The number of pyridine rings is 1. The maximum Gasteiger partial charge on any atom is 0.289 e. The molecule has 0 aromatic carbocycles. The highest BCUT2D eigenvalue weighted by Gasteiger charge is 2.25. The molecule has 1 aromatic rings. The third-order valence-electron chi connectivity index (χ3n) is 3.35. The zero-order valence-electron chi connectivity index (χ0n) is 10.8. The molecular formula is C13H16N4O2. The van der Waals surface area contributed by atoms with E-state index in [-0.39, 0.29) is 17.3 Å². The number of nitrogens with one attached hydrogen (secondary N) is 1. The lowest BCUT2D eigenvalue weighted by Crippen LogP contribution is -2.20. The Hall–Kier alpha value is -2.16. The van der Waals surface area contributed by atoms with E-state index in [2.05, 4.69) is 17.2 Å². The topological polar surface area (TPSA) is 91.8 Å². The van der Waals surface area contributed by atoms with Gasteiger partial charge in [-0.25, -0.2) is 4.98 Å². The number of nitrogens with zero attached hydrogens (tertiary/aromatic N) is 3. The summed E-state index contributed by atoms with van der Waals surface area (Å²) in [6.45, 7) is 2.08. The van der Waals surface area contributed by atoms with Crippen LogP contribution in [0.2, 0.25) is 0 Å². The van der Waals surface area contributed by atoms with Gasteiger partial charge in [0.2, 0.25) is 0 Å². The predicted octanol–water partition coefficient (Wildman–Crippen LogP) is 2.85. The second kappa shape index (κ2) is 5.65. The minimum absolute atomic E-state index is 0.155. The van der Waals surface area contributed by atoms with Crippen LogP contribution in [0.5, 0.6) is 0 Å². The Kier molecular flexibility index (Phi) is 3.95. The number of nitro groups is 1. The Morgan fingerprint density at radius 3 is 2.95 bits per heavy atom. The summed E-state index contributed by atoms with van der Waals surface area (Å²) in [6.07, 6.45) is 5.75. The van der Waals surface area contributed by atoms with Crippen molar-refractivity contribution in [3.8, 4) is 6.07 Å². The van der Waals surface area contributed by atoms with Gasteiger partial charge in [-0.1, -0.05) is 19.8 Å². The largest absolute Gasteiger partial charge is 0.366 e. The van der Waals surface area contributed by atoms with Crippen LogP contribution in [-0.4, -0.2) is 15.9 Å². The Balaban J connectivity index is 2.14. The van der Waals surface area contributed by atoms with Gasteiger partial charge in [0.05, 0.1) is 4.92 Å². The zero-order chi connectivity index (χ0) is 13.8. The maximum absolute atomic E-state index is 10.6. The first kappa shape index (κ1) is 13.3. The van der Waals surface area contributed by atoms with Crippen molar-refractivity contribution in [3.63, 3.8) is 0 Å². The van der Waals surface area contributed by atoms with Crippen LogP contribution in [0.3, 0.4) is 0 Å². The summed E-state index contributed by atoms with van der Waals surface area (Å²) in [4.78, 5) is 14.1. The fraction of sp³-hybridized carbons (Fsp3) is 0.538. The molecule has 1 heterocycles. The van der Waals surface area contributed by atoms with Crippen LogP contribution < -0.4 is 5.32 Å². The van der Waals surface area contributed by atoms with E-state index in [1.807, 2.05) is 6.07 Å². The Morgan fingerprint density at radius 2 is 2.42 bits per heavy atom. The van der Waals surface area contributed by atoms with E-state index in [0.717, 1.165) is 18.8 Å². The van der Waals surface area contributed by atoms with E-state index in [9.17, 15) is 10.1 Å². The second-order valence-electron chi connectivity index (χ2n) is 4.89. The summed E-state index contributed by atoms with van der Waals surface area (Å²) in [6, 6.07) is 3.49. The minimum atomic E-state index is -0.543. The summed E-state index contributed by atoms with van der Waals surface area (Å²) in [7, 11) is 0. The molecule has 1 fully saturated rings. The third kappa shape index (κ3) is 3.41. The van der Waals surface area contributed by atoms with Crippen molar-refractivity contribution in [3.05, 3.63) is 27.9 Å². The molecule has 1 atom stereocenters. The molecular weight excluding hydrogens is 244 g/mol. The molecule has 1 aromatic heterocycles. The van der Waals surface area contributed by atoms with Crippen LogP contribution in [0, 0.1) is 27.4 Å². The standard InChI is InChI=1S/C13H16N4O2/c1-2-11(5-9-3-4-9)16-13-10(7-14)6-12(8-15-13)17(18)19/h6,8-9,11H,2-5H2,1H3,(H,15,16). The molecule has 1 aliphatic rings. The van der Waals surface area contributed by atoms with Gasteiger partial charge >= 0.3 is 0 Å². The van der Waals surface area contributed by atoms with Crippen LogP contribution in [-0.2, 0) is 0 Å². The molecule has 19 heavy (non-hydrogen) atoms. The lowest BCUT2D eigenvalue weighted by molar-refractivity contribution is -0.385. The van der Waals surface area contributed by atoms with Crippen molar-refractivity contribution in [1.29, 1.82) is 5.26 Å². The number of aromatic nitrogens is 1. The summed E-state index contributed by atoms with van der Waals surface area (Å²) in [5.74, 6) is 1.22. The normalized spacial score (nSPS) is 15.6. The highest BCUT2D eigenvalue weighted by Crippen LogP contribution is 2.35. The first-order chi connectivity index (χ1) is 9.13. The Labute approximate surface area is 111 Å². The average molecular weight is 260 g/mol. The smallest absolute Gasteiger partial charge is 0.289 e. The van der Waals surface area contributed by atoms with Crippen LogP contribution >= 0.6 is 0 Å². The first-order valence-corrected chi connectivity index (χ1v) is 6.45. The van der Waals surface area contributed by atoms with Gasteiger partial charge < -0.3 is 5.32 Å². The molecule has 6 nitrogen and oxygen atoms in total. The zero-order valence-corrected chi connectivity index (χ0v) is 10.8. The van der Waals surface area contributed by atoms with E-state index in [4.69, 9.17) is 5.26 Å². The van der Waals surface area contributed by atoms with Crippen molar-refractivity contribution in [2.24, 2.45) is 5.92 Å². The van der Waals surface area contributed by atoms with E-state index < -0.39 is 4.92 Å². The number of anilines is 1. The highest BCUT2D eigenvalue weighted by atomic mass is 16.6. The van der Waals surface area contributed by atoms with Gasteiger partial charge in [-0.3, -0.25) is 10.1 Å². The summed E-state index contributed by atoms with van der Waals surface area (Å²) >= 11 is 0. The van der Waals surface area contributed by atoms with Crippen molar-refractivity contribution in [2.45, 2.75) is 38.6 Å². The monoisotopic (exact) mass is 260 g/mol. The van der Waals surface area contributed by atoms with Gasteiger partial charge in [0.1, 0.15) is 23.6 Å². The number of hydrogen-bond acceptors (Lipinski definition) is 5. The van der Waals surface area contributed by atoms with E-state index in [1.165, 1.54) is 25.1 Å². The van der Waals surface area contributed by atoms with Gasteiger partial charge in [-0.05, 0) is 18.8 Å². The fourth-order valence-corrected chi connectivity index (χ4v) is 2.03. The molecule has 1 aliphatic carbocycles. The Bertz CT molecular complexity index is 520. The molecule has 100 valence electrons. The highest BCUT2D eigenvalue weighted by molar-refractivity contribution is 5.55. The molecule has 1 saturated carbocycles.